The summed E-state index contributed by atoms with van der Waals surface area (Å²) < 4.78 is 0. The Bertz CT molecular complexity index is 394. The first-order chi connectivity index (χ1) is 8.20. The number of nitrogens with zero attached hydrogens (tertiary/aromatic N) is 1. The summed E-state index contributed by atoms with van der Waals surface area (Å²) >= 11 is 5.66. The highest BCUT2D eigenvalue weighted by Crippen LogP contribution is 2.25. The standard InChI is InChI=1S/C12H15ClN2O2/c13-11-5-4-8(6-14-11)12(17)15-10-3-1-2-9(10)7-16/h4-6,9-10,16H,1-3,7H2,(H,15,17). The number of aliphatic hydroxyl groups is 1. The van der Waals surface area contributed by atoms with Gasteiger partial charge in [0.25, 0.3) is 5.91 Å². The summed E-state index contributed by atoms with van der Waals surface area (Å²) in [6.07, 6.45) is 4.41. The van der Waals surface area contributed by atoms with Crippen LogP contribution in [0.2, 0.25) is 5.15 Å². The van der Waals surface area contributed by atoms with Gasteiger partial charge < -0.3 is 10.4 Å². The molecule has 0 bridgehead atoms. The zero-order valence-electron chi connectivity index (χ0n) is 9.40. The molecule has 1 heterocycles. The van der Waals surface area contributed by atoms with Gasteiger partial charge in [-0.1, -0.05) is 18.0 Å². The molecule has 5 heteroatoms. The average Bonchev–Trinajstić information content (AvgIpc) is 2.77. The maximum absolute atomic E-state index is 11.9. The van der Waals surface area contributed by atoms with E-state index < -0.39 is 0 Å². The van der Waals surface area contributed by atoms with Crippen LogP contribution in [0.3, 0.4) is 0 Å². The smallest absolute Gasteiger partial charge is 0.253 e. The molecular weight excluding hydrogens is 240 g/mol. The highest BCUT2D eigenvalue weighted by molar-refractivity contribution is 6.29. The van der Waals surface area contributed by atoms with Crippen LogP contribution in [0.25, 0.3) is 0 Å². The first-order valence-corrected chi connectivity index (χ1v) is 6.12. The molecule has 92 valence electrons. The Labute approximate surface area is 105 Å². The second kappa shape index (κ2) is 5.47. The van der Waals surface area contributed by atoms with Crippen LogP contribution in [0, 0.1) is 5.92 Å². The summed E-state index contributed by atoms with van der Waals surface area (Å²) in [6.45, 7) is 0.129. The zero-order chi connectivity index (χ0) is 12.3. The SMILES string of the molecule is O=C(NC1CCCC1CO)c1ccc(Cl)nc1. The van der Waals surface area contributed by atoms with Crippen molar-refractivity contribution >= 4 is 17.5 Å². The van der Waals surface area contributed by atoms with Crippen molar-refractivity contribution in [1.29, 1.82) is 0 Å². The average molecular weight is 255 g/mol. The molecule has 2 atom stereocenters. The second-order valence-electron chi connectivity index (χ2n) is 4.32. The topological polar surface area (TPSA) is 62.2 Å². The van der Waals surface area contributed by atoms with Crippen molar-refractivity contribution in [1.82, 2.24) is 10.3 Å². The Morgan fingerprint density at radius 2 is 2.35 bits per heavy atom. The maximum Gasteiger partial charge on any atom is 0.253 e. The molecule has 1 saturated carbocycles. The third-order valence-corrected chi connectivity index (χ3v) is 3.42. The molecule has 1 amide bonds. The van der Waals surface area contributed by atoms with Gasteiger partial charge in [-0.2, -0.15) is 0 Å². The van der Waals surface area contributed by atoms with E-state index in [1.54, 1.807) is 12.1 Å². The second-order valence-corrected chi connectivity index (χ2v) is 4.71. The Morgan fingerprint density at radius 1 is 1.53 bits per heavy atom. The Morgan fingerprint density at radius 3 is 3.00 bits per heavy atom. The normalized spacial score (nSPS) is 23.6. The van der Waals surface area contributed by atoms with E-state index in [0.29, 0.717) is 10.7 Å². The van der Waals surface area contributed by atoms with E-state index in [-0.39, 0.29) is 24.5 Å². The van der Waals surface area contributed by atoms with E-state index in [0.717, 1.165) is 19.3 Å². The highest BCUT2D eigenvalue weighted by atomic mass is 35.5. The number of hydrogen-bond acceptors (Lipinski definition) is 3. The summed E-state index contributed by atoms with van der Waals surface area (Å²) in [5.41, 5.74) is 0.498. The molecule has 2 rings (SSSR count). The summed E-state index contributed by atoms with van der Waals surface area (Å²) in [6, 6.07) is 3.31. The number of hydrogen-bond donors (Lipinski definition) is 2. The number of halogens is 1. The molecule has 0 saturated heterocycles. The molecule has 1 aromatic heterocycles. The van der Waals surface area contributed by atoms with E-state index in [1.807, 2.05) is 0 Å². The van der Waals surface area contributed by atoms with Crippen molar-refractivity contribution in [3.05, 3.63) is 29.0 Å². The minimum Gasteiger partial charge on any atom is -0.396 e. The van der Waals surface area contributed by atoms with Crippen LogP contribution < -0.4 is 5.32 Å². The van der Waals surface area contributed by atoms with Crippen molar-refractivity contribution in [3.63, 3.8) is 0 Å². The minimum atomic E-state index is -0.153. The number of pyridine rings is 1. The zero-order valence-corrected chi connectivity index (χ0v) is 10.2. The van der Waals surface area contributed by atoms with Crippen molar-refractivity contribution in [2.45, 2.75) is 25.3 Å². The third kappa shape index (κ3) is 2.96. The van der Waals surface area contributed by atoms with Crippen molar-refractivity contribution < 1.29 is 9.90 Å². The third-order valence-electron chi connectivity index (χ3n) is 3.20. The van der Waals surface area contributed by atoms with Gasteiger partial charge in [0.1, 0.15) is 5.15 Å². The lowest BCUT2D eigenvalue weighted by Crippen LogP contribution is -2.38. The number of carbonyl (C=O) groups is 1. The molecule has 17 heavy (non-hydrogen) atoms. The van der Waals surface area contributed by atoms with Gasteiger partial charge in [-0.15, -0.1) is 0 Å². The molecule has 1 aliphatic carbocycles. The molecule has 0 aromatic carbocycles. The first-order valence-electron chi connectivity index (χ1n) is 5.74. The number of amides is 1. The largest absolute Gasteiger partial charge is 0.396 e. The van der Waals surface area contributed by atoms with Gasteiger partial charge >= 0.3 is 0 Å². The molecule has 1 aliphatic rings. The molecule has 2 unspecified atom stereocenters. The fourth-order valence-corrected chi connectivity index (χ4v) is 2.32. The van der Waals surface area contributed by atoms with E-state index in [1.165, 1.54) is 6.20 Å². The lowest BCUT2D eigenvalue weighted by Gasteiger charge is -2.18. The Hall–Kier alpha value is -1.13. The van der Waals surface area contributed by atoms with Gasteiger partial charge in [-0.05, 0) is 25.0 Å². The molecule has 1 fully saturated rings. The molecule has 0 spiro atoms. The summed E-state index contributed by atoms with van der Waals surface area (Å²) in [4.78, 5) is 15.8. The fourth-order valence-electron chi connectivity index (χ4n) is 2.21. The van der Waals surface area contributed by atoms with Crippen molar-refractivity contribution in [2.75, 3.05) is 6.61 Å². The monoisotopic (exact) mass is 254 g/mol. The number of aliphatic hydroxyl groups excluding tert-OH is 1. The molecule has 0 aliphatic heterocycles. The summed E-state index contributed by atoms with van der Waals surface area (Å²) in [5, 5.41) is 12.5. The van der Waals surface area contributed by atoms with Gasteiger partial charge in [0.15, 0.2) is 0 Å². The molecule has 2 N–H and O–H groups in total. The molecular formula is C12H15ClN2O2. The van der Waals surface area contributed by atoms with Crippen LogP contribution in [-0.2, 0) is 0 Å². The van der Waals surface area contributed by atoms with Crippen LogP contribution in [-0.4, -0.2) is 28.6 Å². The molecule has 0 radical (unpaired) electrons. The van der Waals surface area contributed by atoms with Crippen LogP contribution in [0.15, 0.2) is 18.3 Å². The number of nitrogens with one attached hydrogen (secondary N) is 1. The lowest BCUT2D eigenvalue weighted by molar-refractivity contribution is 0.0915. The number of carbonyl (C=O) groups excluding carboxylic acids is 1. The van der Waals surface area contributed by atoms with Crippen molar-refractivity contribution in [2.24, 2.45) is 5.92 Å². The van der Waals surface area contributed by atoms with Gasteiger partial charge in [0.05, 0.1) is 5.56 Å². The van der Waals surface area contributed by atoms with Crippen LogP contribution in [0.5, 0.6) is 0 Å². The summed E-state index contributed by atoms with van der Waals surface area (Å²) in [5.74, 6) is 0.0266. The Balaban J connectivity index is 1.99. The van der Waals surface area contributed by atoms with E-state index >= 15 is 0 Å². The van der Waals surface area contributed by atoms with Gasteiger partial charge in [0.2, 0.25) is 0 Å². The van der Waals surface area contributed by atoms with Crippen LogP contribution >= 0.6 is 11.6 Å². The van der Waals surface area contributed by atoms with Crippen LogP contribution in [0.4, 0.5) is 0 Å². The number of rotatable bonds is 3. The van der Waals surface area contributed by atoms with E-state index in [2.05, 4.69) is 10.3 Å². The maximum atomic E-state index is 11.9. The minimum absolute atomic E-state index is 0.0724. The highest BCUT2D eigenvalue weighted by Gasteiger charge is 2.28. The van der Waals surface area contributed by atoms with E-state index in [4.69, 9.17) is 11.6 Å². The molecule has 4 nitrogen and oxygen atoms in total. The van der Waals surface area contributed by atoms with Gasteiger partial charge in [-0.25, -0.2) is 4.98 Å². The van der Waals surface area contributed by atoms with Crippen LogP contribution in [0.1, 0.15) is 29.6 Å². The quantitative estimate of drug-likeness (QED) is 0.806. The first kappa shape index (κ1) is 12.3. The predicted octanol–water partition coefficient (Wildman–Crippen LogP) is 1.63. The fraction of sp³-hybridized carbons (Fsp3) is 0.500. The predicted molar refractivity (Wildman–Crippen MR) is 64.9 cm³/mol. The molecule has 1 aromatic rings. The summed E-state index contributed by atoms with van der Waals surface area (Å²) in [7, 11) is 0. The Kier molecular flexibility index (Phi) is 3.97. The van der Waals surface area contributed by atoms with E-state index in [9.17, 15) is 9.90 Å². The van der Waals surface area contributed by atoms with Crippen molar-refractivity contribution in [3.8, 4) is 0 Å². The van der Waals surface area contributed by atoms with Gasteiger partial charge in [-0.3, -0.25) is 4.79 Å². The van der Waals surface area contributed by atoms with Gasteiger partial charge in [0, 0.05) is 24.8 Å². The number of aromatic nitrogens is 1. The lowest BCUT2D eigenvalue weighted by atomic mass is 10.0.